The standard InChI is InChI=1S/C24H23ClFNO5S2/c1-31-20-12-15(9-10-19(20)32-14-16-17(25)6-5-7-18(16)26)13-21-23(30)27(24(33)34-21)11-4-2-3-8-22(28)29/h5-7,9-10,12-13H,2-4,8,11,14H2,1H3,(H,28,29)/b21-13+. The number of aliphatic carboxylic acids is 1. The van der Waals surface area contributed by atoms with Gasteiger partial charge in [-0.05, 0) is 48.7 Å². The lowest BCUT2D eigenvalue weighted by atomic mass is 10.1. The summed E-state index contributed by atoms with van der Waals surface area (Å²) in [5.41, 5.74) is 0.969. The van der Waals surface area contributed by atoms with E-state index in [4.69, 9.17) is 38.4 Å². The lowest BCUT2D eigenvalue weighted by Gasteiger charge is -2.14. The SMILES string of the molecule is COc1cc(/C=C2/SC(=S)N(CCCCCC(=O)O)C2=O)ccc1OCc1c(F)cccc1Cl. The molecule has 34 heavy (non-hydrogen) atoms. The topological polar surface area (TPSA) is 76.1 Å². The van der Waals surface area contributed by atoms with E-state index < -0.39 is 11.8 Å². The van der Waals surface area contributed by atoms with Gasteiger partial charge in [-0.25, -0.2) is 4.39 Å². The minimum atomic E-state index is -0.823. The van der Waals surface area contributed by atoms with Crippen LogP contribution in [0.15, 0.2) is 41.3 Å². The fraction of sp³-hybridized carbons (Fsp3) is 0.292. The van der Waals surface area contributed by atoms with Crippen molar-refractivity contribution in [2.24, 2.45) is 0 Å². The summed E-state index contributed by atoms with van der Waals surface area (Å²) in [5, 5.41) is 8.99. The lowest BCUT2D eigenvalue weighted by Crippen LogP contribution is -2.29. The van der Waals surface area contributed by atoms with Crippen molar-refractivity contribution in [2.45, 2.75) is 32.3 Å². The average molecular weight is 524 g/mol. The van der Waals surface area contributed by atoms with Crippen LogP contribution in [0.2, 0.25) is 5.02 Å². The molecule has 1 aliphatic heterocycles. The van der Waals surface area contributed by atoms with Crippen molar-refractivity contribution in [3.8, 4) is 11.5 Å². The first-order valence-corrected chi connectivity index (χ1v) is 12.1. The number of nitrogens with zero attached hydrogens (tertiary/aromatic N) is 1. The Labute approximate surface area is 211 Å². The average Bonchev–Trinajstić information content (AvgIpc) is 3.06. The molecule has 0 radical (unpaired) electrons. The zero-order valence-corrected chi connectivity index (χ0v) is 20.8. The molecule has 1 aliphatic rings. The predicted molar refractivity (Wildman–Crippen MR) is 135 cm³/mol. The maximum absolute atomic E-state index is 14.0. The molecule has 2 aromatic carbocycles. The first kappa shape index (κ1) is 26.0. The third-order valence-corrected chi connectivity index (χ3v) is 6.80. The van der Waals surface area contributed by atoms with Crippen LogP contribution < -0.4 is 9.47 Å². The number of carboxylic acids is 1. The monoisotopic (exact) mass is 523 g/mol. The molecule has 1 fully saturated rings. The second kappa shape index (κ2) is 12.2. The number of hydrogen-bond donors (Lipinski definition) is 1. The van der Waals surface area contributed by atoms with Crippen molar-refractivity contribution in [3.63, 3.8) is 0 Å². The molecule has 3 rings (SSSR count). The summed E-state index contributed by atoms with van der Waals surface area (Å²) in [6.07, 6.45) is 3.80. The Morgan fingerprint density at radius 3 is 2.74 bits per heavy atom. The van der Waals surface area contributed by atoms with E-state index in [1.807, 2.05) is 0 Å². The molecule has 1 heterocycles. The molecule has 180 valence electrons. The zero-order chi connectivity index (χ0) is 24.7. The van der Waals surface area contributed by atoms with Gasteiger partial charge in [-0.15, -0.1) is 0 Å². The number of carbonyl (C=O) groups excluding carboxylic acids is 1. The molecule has 0 aromatic heterocycles. The van der Waals surface area contributed by atoms with E-state index >= 15 is 0 Å². The third-order valence-electron chi connectivity index (χ3n) is 5.07. The van der Waals surface area contributed by atoms with Crippen molar-refractivity contribution in [1.29, 1.82) is 0 Å². The van der Waals surface area contributed by atoms with Crippen LogP contribution in [-0.2, 0) is 16.2 Å². The highest BCUT2D eigenvalue weighted by Crippen LogP contribution is 2.35. The van der Waals surface area contributed by atoms with Gasteiger partial charge in [0.2, 0.25) is 0 Å². The third kappa shape index (κ3) is 6.71. The van der Waals surface area contributed by atoms with Gasteiger partial charge in [0.25, 0.3) is 5.91 Å². The summed E-state index contributed by atoms with van der Waals surface area (Å²) < 4.78 is 25.6. The highest BCUT2D eigenvalue weighted by molar-refractivity contribution is 8.26. The number of ether oxygens (including phenoxy) is 2. The van der Waals surface area contributed by atoms with Crippen LogP contribution in [0.5, 0.6) is 11.5 Å². The van der Waals surface area contributed by atoms with Crippen molar-refractivity contribution < 1.29 is 28.6 Å². The van der Waals surface area contributed by atoms with Crippen molar-refractivity contribution >= 4 is 57.9 Å². The lowest BCUT2D eigenvalue weighted by molar-refractivity contribution is -0.137. The fourth-order valence-electron chi connectivity index (χ4n) is 3.28. The van der Waals surface area contributed by atoms with Crippen LogP contribution in [-0.4, -0.2) is 39.9 Å². The normalized spacial score (nSPS) is 14.7. The van der Waals surface area contributed by atoms with Crippen LogP contribution in [0.4, 0.5) is 4.39 Å². The first-order chi connectivity index (χ1) is 16.3. The van der Waals surface area contributed by atoms with E-state index in [1.54, 1.807) is 35.2 Å². The summed E-state index contributed by atoms with van der Waals surface area (Å²) in [6, 6.07) is 9.60. The molecule has 2 aromatic rings. The highest BCUT2D eigenvalue weighted by atomic mass is 35.5. The van der Waals surface area contributed by atoms with Crippen molar-refractivity contribution in [3.05, 3.63) is 63.3 Å². The fourth-order valence-corrected chi connectivity index (χ4v) is 4.81. The number of hydrogen-bond acceptors (Lipinski definition) is 6. The van der Waals surface area contributed by atoms with Crippen molar-refractivity contribution in [1.82, 2.24) is 4.90 Å². The van der Waals surface area contributed by atoms with Gasteiger partial charge in [0.1, 0.15) is 16.7 Å². The molecule has 10 heteroatoms. The van der Waals surface area contributed by atoms with Crippen LogP contribution in [0.3, 0.4) is 0 Å². The van der Waals surface area contributed by atoms with Crippen LogP contribution >= 0.6 is 35.6 Å². The first-order valence-electron chi connectivity index (χ1n) is 10.5. The van der Waals surface area contributed by atoms with Gasteiger partial charge < -0.3 is 14.6 Å². The minimum absolute atomic E-state index is 0.0632. The second-order valence-electron chi connectivity index (χ2n) is 7.44. The van der Waals surface area contributed by atoms with Crippen molar-refractivity contribution in [2.75, 3.05) is 13.7 Å². The number of methoxy groups -OCH3 is 1. The molecule has 0 saturated carbocycles. The maximum atomic E-state index is 14.0. The Balaban J connectivity index is 1.65. The van der Waals surface area contributed by atoms with Crippen LogP contribution in [0, 0.1) is 5.82 Å². The summed E-state index contributed by atoms with van der Waals surface area (Å²) in [5.74, 6) is -0.617. The van der Waals surface area contributed by atoms with E-state index in [0.29, 0.717) is 46.5 Å². The number of halogens is 2. The van der Waals surface area contributed by atoms with E-state index in [2.05, 4.69) is 0 Å². The zero-order valence-electron chi connectivity index (χ0n) is 18.4. The van der Waals surface area contributed by atoms with Crippen LogP contribution in [0.25, 0.3) is 6.08 Å². The number of benzene rings is 2. The Kier molecular flexibility index (Phi) is 9.32. The molecular formula is C24H23ClFNO5S2. The number of thiocarbonyl (C=S) groups is 1. The van der Waals surface area contributed by atoms with E-state index in [1.165, 1.54) is 31.0 Å². The van der Waals surface area contributed by atoms with Gasteiger partial charge in [0, 0.05) is 18.5 Å². The quantitative estimate of drug-likeness (QED) is 0.223. The maximum Gasteiger partial charge on any atom is 0.303 e. The molecule has 1 amide bonds. The number of carboxylic acid groups (broad SMARTS) is 1. The molecule has 6 nitrogen and oxygen atoms in total. The van der Waals surface area contributed by atoms with Gasteiger partial charge in [-0.1, -0.05) is 54.1 Å². The largest absolute Gasteiger partial charge is 0.493 e. The molecule has 0 unspecified atom stereocenters. The number of carbonyl (C=O) groups is 2. The minimum Gasteiger partial charge on any atom is -0.493 e. The Bertz CT molecular complexity index is 1100. The van der Waals surface area contributed by atoms with Crippen LogP contribution in [0.1, 0.15) is 36.8 Å². The summed E-state index contributed by atoms with van der Waals surface area (Å²) >= 11 is 12.6. The Morgan fingerprint density at radius 1 is 1.24 bits per heavy atom. The number of thioether (sulfide) groups is 1. The van der Waals surface area contributed by atoms with Gasteiger partial charge in [0.05, 0.1) is 17.0 Å². The van der Waals surface area contributed by atoms with E-state index in [0.717, 1.165) is 5.56 Å². The molecule has 1 N–H and O–H groups in total. The summed E-state index contributed by atoms with van der Waals surface area (Å²) in [6.45, 7) is 0.392. The van der Waals surface area contributed by atoms with Gasteiger partial charge in [0.15, 0.2) is 11.5 Å². The predicted octanol–water partition coefficient (Wildman–Crippen LogP) is 5.91. The molecule has 0 aliphatic carbocycles. The molecule has 0 bridgehead atoms. The molecule has 0 atom stereocenters. The molecule has 1 saturated heterocycles. The second-order valence-corrected chi connectivity index (χ2v) is 9.52. The number of unbranched alkanes of at least 4 members (excludes halogenated alkanes) is 2. The number of rotatable bonds is 11. The van der Waals surface area contributed by atoms with E-state index in [9.17, 15) is 14.0 Å². The Morgan fingerprint density at radius 2 is 2.03 bits per heavy atom. The van der Waals surface area contributed by atoms with Gasteiger partial charge in [-0.2, -0.15) is 0 Å². The molecule has 0 spiro atoms. The van der Waals surface area contributed by atoms with Gasteiger partial charge >= 0.3 is 5.97 Å². The summed E-state index contributed by atoms with van der Waals surface area (Å²) in [4.78, 5) is 25.4. The smallest absolute Gasteiger partial charge is 0.303 e. The Hall–Kier alpha value is -2.62. The number of amides is 1. The van der Waals surface area contributed by atoms with E-state index in [-0.39, 0.29) is 29.5 Å². The molecular weight excluding hydrogens is 501 g/mol. The van der Waals surface area contributed by atoms with Gasteiger partial charge in [-0.3, -0.25) is 14.5 Å². The highest BCUT2D eigenvalue weighted by Gasteiger charge is 2.31. The summed E-state index contributed by atoms with van der Waals surface area (Å²) in [7, 11) is 1.49.